The third-order valence-electron chi connectivity index (χ3n) is 4.65. The number of aliphatic imine (C=N–C) groups is 1. The van der Waals surface area contributed by atoms with Gasteiger partial charge in [0.15, 0.2) is 5.96 Å². The molecule has 2 aromatic carbocycles. The molecule has 1 saturated carbocycles. The Morgan fingerprint density at radius 3 is 2.60 bits per heavy atom. The Morgan fingerprint density at radius 1 is 1.20 bits per heavy atom. The number of rotatable bonds is 6. The van der Waals surface area contributed by atoms with Crippen molar-refractivity contribution in [1.82, 2.24) is 10.6 Å². The van der Waals surface area contributed by atoms with E-state index >= 15 is 0 Å². The van der Waals surface area contributed by atoms with Gasteiger partial charge in [-0.1, -0.05) is 48.5 Å². The normalized spacial score (nSPS) is 20.8. The minimum Gasteiger partial charge on any atom is -0.396 e. The van der Waals surface area contributed by atoms with E-state index in [1.54, 1.807) is 13.1 Å². The number of nitrogens with zero attached hydrogens (tertiary/aromatic N) is 1. The number of hydrogen-bond acceptors (Lipinski definition) is 2. The Labute approximate surface area is 147 Å². The number of hydrogen-bond donors (Lipinski definition) is 3. The van der Waals surface area contributed by atoms with E-state index in [0.717, 1.165) is 17.5 Å². The van der Waals surface area contributed by atoms with Gasteiger partial charge in [0, 0.05) is 31.5 Å². The third-order valence-corrected chi connectivity index (χ3v) is 4.65. The van der Waals surface area contributed by atoms with Crippen LogP contribution in [-0.4, -0.2) is 37.3 Å². The van der Waals surface area contributed by atoms with Crippen LogP contribution in [0.15, 0.2) is 59.6 Å². The topological polar surface area (TPSA) is 56.7 Å². The lowest BCUT2D eigenvalue weighted by molar-refractivity contribution is 0.265. The molecule has 0 aliphatic heterocycles. The molecule has 3 atom stereocenters. The van der Waals surface area contributed by atoms with E-state index in [4.69, 9.17) is 0 Å². The number of halogens is 1. The van der Waals surface area contributed by atoms with Crippen LogP contribution in [0, 0.1) is 5.82 Å². The molecule has 3 N–H and O–H groups in total. The van der Waals surface area contributed by atoms with Gasteiger partial charge < -0.3 is 15.7 Å². The first-order valence-electron chi connectivity index (χ1n) is 8.60. The molecule has 0 radical (unpaired) electrons. The summed E-state index contributed by atoms with van der Waals surface area (Å²) in [6.45, 7) is 0.645. The molecule has 0 saturated heterocycles. The molecule has 1 fully saturated rings. The van der Waals surface area contributed by atoms with Gasteiger partial charge in [0.25, 0.3) is 0 Å². The molecule has 3 unspecified atom stereocenters. The van der Waals surface area contributed by atoms with Crippen molar-refractivity contribution >= 4 is 5.96 Å². The zero-order valence-corrected chi connectivity index (χ0v) is 14.3. The molecule has 25 heavy (non-hydrogen) atoms. The van der Waals surface area contributed by atoms with Crippen molar-refractivity contribution in [3.63, 3.8) is 0 Å². The fourth-order valence-electron chi connectivity index (χ4n) is 3.08. The molecule has 0 aromatic heterocycles. The molecule has 5 heteroatoms. The van der Waals surface area contributed by atoms with Crippen molar-refractivity contribution < 1.29 is 9.50 Å². The van der Waals surface area contributed by atoms with E-state index < -0.39 is 0 Å². The average molecular weight is 341 g/mol. The fourth-order valence-corrected chi connectivity index (χ4v) is 3.08. The summed E-state index contributed by atoms with van der Waals surface area (Å²) < 4.78 is 13.9. The molecule has 1 aliphatic carbocycles. The number of aliphatic hydroxyl groups excluding tert-OH is 1. The van der Waals surface area contributed by atoms with Crippen molar-refractivity contribution in [3.05, 3.63) is 71.5 Å². The van der Waals surface area contributed by atoms with Crippen LogP contribution in [0.2, 0.25) is 0 Å². The molecular weight excluding hydrogens is 317 g/mol. The van der Waals surface area contributed by atoms with Crippen molar-refractivity contribution in [2.45, 2.75) is 24.3 Å². The lowest BCUT2D eigenvalue weighted by Gasteiger charge is -2.18. The maximum Gasteiger partial charge on any atom is 0.191 e. The predicted molar refractivity (Wildman–Crippen MR) is 98.3 cm³/mol. The van der Waals surface area contributed by atoms with Crippen molar-refractivity contribution in [2.75, 3.05) is 20.2 Å². The summed E-state index contributed by atoms with van der Waals surface area (Å²) in [4.78, 5) is 4.24. The van der Waals surface area contributed by atoms with Gasteiger partial charge >= 0.3 is 0 Å². The van der Waals surface area contributed by atoms with Crippen LogP contribution >= 0.6 is 0 Å². The van der Waals surface area contributed by atoms with Crippen LogP contribution in [-0.2, 0) is 0 Å². The van der Waals surface area contributed by atoms with E-state index in [0.29, 0.717) is 12.5 Å². The highest BCUT2D eigenvalue weighted by Crippen LogP contribution is 2.41. The highest BCUT2D eigenvalue weighted by molar-refractivity contribution is 5.80. The summed E-state index contributed by atoms with van der Waals surface area (Å²) in [6, 6.07) is 17.0. The second-order valence-electron chi connectivity index (χ2n) is 6.36. The van der Waals surface area contributed by atoms with E-state index in [-0.39, 0.29) is 30.3 Å². The SMILES string of the molecule is CN=C(NCC(CO)c1ccccc1)NC1CC1c1ccccc1F. The number of aliphatic hydroxyl groups is 1. The fraction of sp³-hybridized carbons (Fsp3) is 0.350. The molecule has 132 valence electrons. The van der Waals surface area contributed by atoms with Gasteiger partial charge in [0.1, 0.15) is 5.82 Å². The average Bonchev–Trinajstić information content (AvgIpc) is 3.41. The maximum absolute atomic E-state index is 13.9. The Bertz CT molecular complexity index is 720. The first-order chi connectivity index (χ1) is 12.2. The van der Waals surface area contributed by atoms with Gasteiger partial charge in [-0.05, 0) is 23.6 Å². The first kappa shape index (κ1) is 17.4. The van der Waals surface area contributed by atoms with Crippen LogP contribution in [0.1, 0.15) is 29.4 Å². The number of benzene rings is 2. The molecule has 4 nitrogen and oxygen atoms in total. The van der Waals surface area contributed by atoms with E-state index in [2.05, 4.69) is 15.6 Å². The largest absolute Gasteiger partial charge is 0.396 e. The highest BCUT2D eigenvalue weighted by Gasteiger charge is 2.40. The van der Waals surface area contributed by atoms with E-state index in [1.165, 1.54) is 6.07 Å². The molecule has 0 amide bonds. The zero-order chi connectivity index (χ0) is 17.6. The Hall–Kier alpha value is -2.40. The molecular formula is C20H24FN3O. The number of nitrogens with one attached hydrogen (secondary N) is 2. The zero-order valence-electron chi connectivity index (χ0n) is 14.3. The van der Waals surface area contributed by atoms with Crippen LogP contribution in [0.4, 0.5) is 4.39 Å². The molecule has 3 rings (SSSR count). The summed E-state index contributed by atoms with van der Waals surface area (Å²) in [7, 11) is 1.71. The third kappa shape index (κ3) is 4.37. The van der Waals surface area contributed by atoms with Crippen LogP contribution in [0.25, 0.3) is 0 Å². The van der Waals surface area contributed by atoms with Crippen LogP contribution in [0.5, 0.6) is 0 Å². The second kappa shape index (κ2) is 8.12. The molecule has 1 aliphatic rings. The standard InChI is InChI=1S/C20H24FN3O/c1-22-20(23-12-15(13-25)14-7-3-2-4-8-14)24-19-11-17(19)16-9-5-6-10-18(16)21/h2-10,15,17,19,25H,11-13H2,1H3,(H2,22,23,24). The molecule has 0 heterocycles. The second-order valence-corrected chi connectivity index (χ2v) is 6.36. The van der Waals surface area contributed by atoms with Gasteiger partial charge in [0.05, 0.1) is 6.61 Å². The molecule has 0 spiro atoms. The van der Waals surface area contributed by atoms with Gasteiger partial charge in [-0.3, -0.25) is 4.99 Å². The minimum absolute atomic E-state index is 0.00122. The summed E-state index contributed by atoms with van der Waals surface area (Å²) in [6.07, 6.45) is 0.893. The lowest BCUT2D eigenvalue weighted by Crippen LogP contribution is -2.41. The maximum atomic E-state index is 13.9. The lowest BCUT2D eigenvalue weighted by atomic mass is 10.0. The van der Waals surface area contributed by atoms with Gasteiger partial charge in [-0.15, -0.1) is 0 Å². The van der Waals surface area contributed by atoms with Crippen molar-refractivity contribution in [3.8, 4) is 0 Å². The summed E-state index contributed by atoms with van der Waals surface area (Å²) in [5, 5.41) is 16.2. The molecule has 2 aromatic rings. The van der Waals surface area contributed by atoms with Crippen LogP contribution in [0.3, 0.4) is 0 Å². The van der Waals surface area contributed by atoms with Crippen LogP contribution < -0.4 is 10.6 Å². The predicted octanol–water partition coefficient (Wildman–Crippen LogP) is 2.62. The summed E-state index contributed by atoms with van der Waals surface area (Å²) in [5.41, 5.74) is 1.84. The Kier molecular flexibility index (Phi) is 5.66. The Morgan fingerprint density at radius 2 is 1.92 bits per heavy atom. The van der Waals surface area contributed by atoms with E-state index in [9.17, 15) is 9.50 Å². The minimum atomic E-state index is -0.149. The molecule has 0 bridgehead atoms. The smallest absolute Gasteiger partial charge is 0.191 e. The highest BCUT2D eigenvalue weighted by atomic mass is 19.1. The van der Waals surface area contributed by atoms with Crippen molar-refractivity contribution in [1.29, 1.82) is 0 Å². The summed E-state index contributed by atoms with van der Waals surface area (Å²) >= 11 is 0. The van der Waals surface area contributed by atoms with Gasteiger partial charge in [0.2, 0.25) is 0 Å². The van der Waals surface area contributed by atoms with Crippen molar-refractivity contribution in [2.24, 2.45) is 4.99 Å². The quantitative estimate of drug-likeness (QED) is 0.559. The Balaban J connectivity index is 1.53. The first-order valence-corrected chi connectivity index (χ1v) is 8.60. The van der Waals surface area contributed by atoms with Gasteiger partial charge in [-0.2, -0.15) is 0 Å². The van der Waals surface area contributed by atoms with Gasteiger partial charge in [-0.25, -0.2) is 4.39 Å². The summed E-state index contributed by atoms with van der Waals surface area (Å²) in [5.74, 6) is 0.714. The monoisotopic (exact) mass is 341 g/mol. The number of guanidine groups is 1. The van der Waals surface area contributed by atoms with E-state index in [1.807, 2.05) is 42.5 Å².